The van der Waals surface area contributed by atoms with Crippen LogP contribution < -0.4 is 10.6 Å². The summed E-state index contributed by atoms with van der Waals surface area (Å²) in [5, 5.41) is 0.626. The largest absolute Gasteiger partial charge is 0.355 e. The average Bonchev–Trinajstić information content (AvgIpc) is 3.07. The Labute approximate surface area is 164 Å². The zero-order valence-electron chi connectivity index (χ0n) is 16.0. The molecule has 0 amide bonds. The zero-order chi connectivity index (χ0) is 19.2. The normalized spacial score (nSPS) is 19.6. The van der Waals surface area contributed by atoms with Crippen LogP contribution in [0.15, 0.2) is 23.5 Å². The molecule has 0 bridgehead atoms. The lowest BCUT2D eigenvalue weighted by Gasteiger charge is -2.42. The maximum absolute atomic E-state index is 6.44. The molecule has 0 spiro atoms. The first-order valence-electron chi connectivity index (χ1n) is 9.42. The number of aromatic nitrogens is 3. The molecule has 0 aliphatic carbocycles. The number of fused-ring (bicyclic) bond motifs is 1. The lowest BCUT2D eigenvalue weighted by atomic mass is 9.75. The van der Waals surface area contributed by atoms with E-state index in [1.807, 2.05) is 19.2 Å². The third-order valence-electron chi connectivity index (χ3n) is 6.09. The molecule has 0 aromatic carbocycles. The van der Waals surface area contributed by atoms with E-state index in [9.17, 15) is 0 Å². The standard InChI is InChI=1S/C20H25ClN6/c1-12-17(21)14(4-7-23-12)18-19-15(10-24-18)26-16(11-25-19)27-8-5-20(3,6-9-27)13(2)22/h4,7,11,13H,5-6,8-10,22H2,1-3H3. The Morgan fingerprint density at radius 3 is 2.70 bits per heavy atom. The van der Waals surface area contributed by atoms with Crippen molar-refractivity contribution in [3.8, 4) is 0 Å². The summed E-state index contributed by atoms with van der Waals surface area (Å²) in [6.45, 7) is 8.72. The number of hydrogen-bond donors (Lipinski definition) is 1. The lowest BCUT2D eigenvalue weighted by Crippen LogP contribution is -2.47. The summed E-state index contributed by atoms with van der Waals surface area (Å²) in [6, 6.07) is 2.09. The molecule has 7 heteroatoms. The fourth-order valence-corrected chi connectivity index (χ4v) is 3.95. The predicted molar refractivity (Wildman–Crippen MR) is 109 cm³/mol. The van der Waals surface area contributed by atoms with Crippen LogP contribution in [0.1, 0.15) is 49.3 Å². The minimum atomic E-state index is 0.201. The van der Waals surface area contributed by atoms with E-state index < -0.39 is 0 Å². The van der Waals surface area contributed by atoms with Crippen molar-refractivity contribution in [2.24, 2.45) is 16.1 Å². The SMILES string of the molecule is Cc1nccc(C2=NCc3nc(N4CCC(C)(C(C)N)CC4)cnc32)c1Cl. The number of pyridine rings is 1. The van der Waals surface area contributed by atoms with Crippen LogP contribution >= 0.6 is 11.6 Å². The number of hydrogen-bond acceptors (Lipinski definition) is 6. The van der Waals surface area contributed by atoms with Gasteiger partial charge in [-0.1, -0.05) is 18.5 Å². The Hall–Kier alpha value is -2.05. The van der Waals surface area contributed by atoms with E-state index in [0.717, 1.165) is 60.1 Å². The molecule has 2 aliphatic heterocycles. The van der Waals surface area contributed by atoms with E-state index in [-0.39, 0.29) is 11.5 Å². The van der Waals surface area contributed by atoms with Gasteiger partial charge in [-0.2, -0.15) is 0 Å². The van der Waals surface area contributed by atoms with Crippen LogP contribution in [0.5, 0.6) is 0 Å². The van der Waals surface area contributed by atoms with Crippen molar-refractivity contribution in [1.29, 1.82) is 0 Å². The topological polar surface area (TPSA) is 80.3 Å². The second-order valence-electron chi connectivity index (χ2n) is 7.88. The Balaban J connectivity index is 1.56. The Bertz CT molecular complexity index is 899. The molecule has 1 unspecified atom stereocenters. The van der Waals surface area contributed by atoms with Gasteiger partial charge in [0.15, 0.2) is 0 Å². The number of anilines is 1. The molecule has 2 aliphatic rings. The number of halogens is 1. The van der Waals surface area contributed by atoms with Crippen molar-refractivity contribution in [2.75, 3.05) is 18.0 Å². The first-order valence-corrected chi connectivity index (χ1v) is 9.79. The van der Waals surface area contributed by atoms with Crippen molar-refractivity contribution >= 4 is 23.1 Å². The van der Waals surface area contributed by atoms with Crippen LogP contribution in [0.3, 0.4) is 0 Å². The highest BCUT2D eigenvalue weighted by Crippen LogP contribution is 2.35. The number of rotatable bonds is 3. The van der Waals surface area contributed by atoms with Crippen molar-refractivity contribution in [3.63, 3.8) is 0 Å². The van der Waals surface area contributed by atoms with Crippen LogP contribution in [0.2, 0.25) is 5.02 Å². The molecule has 0 saturated carbocycles. The highest BCUT2D eigenvalue weighted by atomic mass is 35.5. The molecule has 1 atom stereocenters. The Morgan fingerprint density at radius 2 is 2.00 bits per heavy atom. The number of nitrogens with zero attached hydrogens (tertiary/aromatic N) is 5. The van der Waals surface area contributed by atoms with Gasteiger partial charge < -0.3 is 10.6 Å². The van der Waals surface area contributed by atoms with Gasteiger partial charge in [0.05, 0.1) is 34.9 Å². The molecule has 1 fully saturated rings. The van der Waals surface area contributed by atoms with Crippen molar-refractivity contribution < 1.29 is 0 Å². The summed E-state index contributed by atoms with van der Waals surface area (Å²) in [5.41, 5.74) is 10.6. The number of nitrogens with two attached hydrogens (primary N) is 1. The smallest absolute Gasteiger partial charge is 0.147 e. The highest BCUT2D eigenvalue weighted by Gasteiger charge is 2.34. The van der Waals surface area contributed by atoms with Gasteiger partial charge in [0.2, 0.25) is 0 Å². The second kappa shape index (κ2) is 6.84. The number of aliphatic imine (C=N–C) groups is 1. The molecule has 4 rings (SSSR count). The minimum absolute atomic E-state index is 0.201. The molecule has 27 heavy (non-hydrogen) atoms. The van der Waals surface area contributed by atoms with E-state index >= 15 is 0 Å². The maximum atomic E-state index is 6.44. The van der Waals surface area contributed by atoms with Crippen molar-refractivity contribution in [1.82, 2.24) is 15.0 Å². The summed E-state index contributed by atoms with van der Waals surface area (Å²) >= 11 is 6.44. The quantitative estimate of drug-likeness (QED) is 0.879. The summed E-state index contributed by atoms with van der Waals surface area (Å²) < 4.78 is 0. The third-order valence-corrected chi connectivity index (χ3v) is 6.57. The molecule has 4 heterocycles. The molecule has 1 saturated heterocycles. The summed E-state index contributed by atoms with van der Waals surface area (Å²) in [7, 11) is 0. The van der Waals surface area contributed by atoms with E-state index in [1.54, 1.807) is 6.20 Å². The van der Waals surface area contributed by atoms with Crippen molar-refractivity contribution in [3.05, 3.63) is 46.1 Å². The number of piperidine rings is 1. The average molecular weight is 385 g/mol. The molecule has 142 valence electrons. The highest BCUT2D eigenvalue weighted by molar-refractivity contribution is 6.36. The van der Waals surface area contributed by atoms with E-state index in [4.69, 9.17) is 27.3 Å². The monoisotopic (exact) mass is 384 g/mol. The summed E-state index contributed by atoms with van der Waals surface area (Å²) in [4.78, 5) is 20.7. The Kier molecular flexibility index (Phi) is 4.64. The van der Waals surface area contributed by atoms with Crippen molar-refractivity contribution in [2.45, 2.75) is 46.2 Å². The molecule has 6 nitrogen and oxygen atoms in total. The van der Waals surface area contributed by atoms with Crippen LogP contribution in [0, 0.1) is 12.3 Å². The molecular formula is C20H25ClN6. The van der Waals surface area contributed by atoms with Gasteiger partial charge >= 0.3 is 0 Å². The van der Waals surface area contributed by atoms with Crippen LogP contribution in [0.4, 0.5) is 5.82 Å². The predicted octanol–water partition coefficient (Wildman–Crippen LogP) is 3.14. The summed E-state index contributed by atoms with van der Waals surface area (Å²) in [6.07, 6.45) is 5.74. The summed E-state index contributed by atoms with van der Waals surface area (Å²) in [5.74, 6) is 0.925. The second-order valence-corrected chi connectivity index (χ2v) is 8.25. The zero-order valence-corrected chi connectivity index (χ0v) is 16.8. The Morgan fingerprint density at radius 1 is 1.26 bits per heavy atom. The van der Waals surface area contributed by atoms with Gasteiger partial charge in [0, 0.05) is 30.9 Å². The van der Waals surface area contributed by atoms with E-state index in [2.05, 4.69) is 28.7 Å². The maximum Gasteiger partial charge on any atom is 0.147 e. The minimum Gasteiger partial charge on any atom is -0.355 e. The molecule has 0 radical (unpaired) electrons. The van der Waals surface area contributed by atoms with Gasteiger partial charge in [-0.15, -0.1) is 0 Å². The van der Waals surface area contributed by atoms with Crippen LogP contribution in [0.25, 0.3) is 0 Å². The van der Waals surface area contributed by atoms with Gasteiger partial charge in [0.1, 0.15) is 11.5 Å². The van der Waals surface area contributed by atoms with Crippen LogP contribution in [-0.2, 0) is 6.54 Å². The number of aryl methyl sites for hydroxylation is 1. The molecular weight excluding hydrogens is 360 g/mol. The van der Waals surface area contributed by atoms with Gasteiger partial charge in [-0.25, -0.2) is 9.97 Å². The van der Waals surface area contributed by atoms with E-state index in [0.29, 0.717) is 11.6 Å². The van der Waals surface area contributed by atoms with Gasteiger partial charge in [-0.05, 0) is 38.2 Å². The van der Waals surface area contributed by atoms with Gasteiger partial charge in [-0.3, -0.25) is 9.98 Å². The first-order chi connectivity index (χ1) is 12.9. The molecule has 2 aromatic heterocycles. The first kappa shape index (κ1) is 18.3. The van der Waals surface area contributed by atoms with Gasteiger partial charge in [0.25, 0.3) is 0 Å². The third kappa shape index (κ3) is 3.21. The fourth-order valence-electron chi connectivity index (χ4n) is 3.75. The molecule has 2 aromatic rings. The fraction of sp³-hybridized carbons (Fsp3) is 0.500. The van der Waals surface area contributed by atoms with E-state index in [1.165, 1.54) is 0 Å². The lowest BCUT2D eigenvalue weighted by molar-refractivity contribution is 0.205. The molecule has 2 N–H and O–H groups in total. The van der Waals surface area contributed by atoms with Crippen LogP contribution in [-0.4, -0.2) is 39.8 Å².